The lowest BCUT2D eigenvalue weighted by molar-refractivity contribution is -0.176. The second kappa shape index (κ2) is 10.4. The second-order valence-corrected chi connectivity index (χ2v) is 13.3. The lowest BCUT2D eigenvalue weighted by Crippen LogP contribution is -2.42. The van der Waals surface area contributed by atoms with E-state index >= 15 is 0 Å². The van der Waals surface area contributed by atoms with Crippen LogP contribution in [0.4, 0.5) is 17.6 Å². The zero-order chi connectivity index (χ0) is 28.8. The van der Waals surface area contributed by atoms with Crippen LogP contribution in [0.2, 0.25) is 0 Å². The number of hydrogen-bond donors (Lipinski definition) is 1. The van der Waals surface area contributed by atoms with Crippen molar-refractivity contribution in [2.24, 2.45) is 0 Å². The van der Waals surface area contributed by atoms with E-state index in [9.17, 15) is 26.0 Å². The Balaban J connectivity index is 1.68. The van der Waals surface area contributed by atoms with E-state index in [1.54, 1.807) is 12.1 Å². The summed E-state index contributed by atoms with van der Waals surface area (Å²) < 4.78 is 104. The van der Waals surface area contributed by atoms with E-state index in [0.29, 0.717) is 21.3 Å². The quantitative estimate of drug-likeness (QED) is 0.189. The van der Waals surface area contributed by atoms with Crippen LogP contribution in [0.25, 0.3) is 0 Å². The van der Waals surface area contributed by atoms with Gasteiger partial charge in [0.25, 0.3) is 0 Å². The SMILES string of the molecule is CC(Oc1ccc([S+](c2ccc(C3(C)OCC(C)(C)O3)cc2)c2cc(F)cc(F)c2)cc1)C(F)(F)S(=O)(=O)O. The Morgan fingerprint density at radius 1 is 0.923 bits per heavy atom. The molecule has 3 atom stereocenters. The molecule has 1 fully saturated rings. The molecular formula is C27H27F4O6S2+. The molecule has 0 aromatic heterocycles. The standard InChI is InChI=1S/C27H26F4O6S2/c1-17(27(30,31)39(32,33)34)36-21-7-11-23(12-8-21)38(24-14-19(28)13-20(29)15-24)22-9-5-18(6-10-22)26(4)35-16-25(2,3)37-26/h5-15,17H,16H2,1-4H3/p+1. The molecule has 6 nitrogen and oxygen atoms in total. The zero-order valence-corrected chi connectivity index (χ0v) is 23.1. The molecule has 4 rings (SSSR count). The summed E-state index contributed by atoms with van der Waals surface area (Å²) in [5, 5.41) is -4.53. The van der Waals surface area contributed by atoms with Crippen LogP contribution < -0.4 is 4.74 Å². The van der Waals surface area contributed by atoms with Gasteiger partial charge < -0.3 is 14.2 Å². The maximum atomic E-state index is 14.2. The van der Waals surface area contributed by atoms with Crippen molar-refractivity contribution >= 4 is 21.0 Å². The van der Waals surface area contributed by atoms with E-state index in [0.717, 1.165) is 18.6 Å². The van der Waals surface area contributed by atoms with Crippen molar-refractivity contribution in [1.29, 1.82) is 0 Å². The molecule has 1 N–H and O–H groups in total. The number of rotatable bonds is 8. The molecule has 39 heavy (non-hydrogen) atoms. The third kappa shape index (κ3) is 6.25. The third-order valence-corrected chi connectivity index (χ3v) is 9.26. The number of hydrogen-bond acceptors (Lipinski definition) is 5. The van der Waals surface area contributed by atoms with Crippen molar-refractivity contribution in [3.05, 3.63) is 83.9 Å². The van der Waals surface area contributed by atoms with E-state index in [-0.39, 0.29) is 5.75 Å². The van der Waals surface area contributed by atoms with Crippen molar-refractivity contribution < 1.29 is 44.7 Å². The Morgan fingerprint density at radius 2 is 1.44 bits per heavy atom. The van der Waals surface area contributed by atoms with Gasteiger partial charge in [-0.3, -0.25) is 4.55 Å². The number of halogens is 4. The van der Waals surface area contributed by atoms with Crippen molar-refractivity contribution in [1.82, 2.24) is 0 Å². The van der Waals surface area contributed by atoms with Crippen LogP contribution in [0.3, 0.4) is 0 Å². The predicted octanol–water partition coefficient (Wildman–Crippen LogP) is 6.31. The molecule has 3 aromatic rings. The molecule has 3 unspecified atom stereocenters. The van der Waals surface area contributed by atoms with E-state index in [4.69, 9.17) is 18.8 Å². The van der Waals surface area contributed by atoms with Gasteiger partial charge in [0.15, 0.2) is 26.6 Å². The van der Waals surface area contributed by atoms with Crippen LogP contribution in [-0.2, 0) is 36.3 Å². The molecule has 1 aliphatic heterocycles. The van der Waals surface area contributed by atoms with E-state index in [2.05, 4.69) is 0 Å². The maximum Gasteiger partial charge on any atom is 0.405 e. The van der Waals surface area contributed by atoms with Gasteiger partial charge in [-0.05, 0) is 76.2 Å². The van der Waals surface area contributed by atoms with E-state index < -0.39 is 55.4 Å². The lowest BCUT2D eigenvalue weighted by Gasteiger charge is -2.26. The summed E-state index contributed by atoms with van der Waals surface area (Å²) >= 11 is 0. The maximum absolute atomic E-state index is 14.2. The molecule has 0 spiro atoms. The Hall–Kier alpha value is -2.64. The van der Waals surface area contributed by atoms with Crippen molar-refractivity contribution in [3.63, 3.8) is 0 Å². The smallest absolute Gasteiger partial charge is 0.405 e. The summed E-state index contributed by atoms with van der Waals surface area (Å²) in [6.07, 6.45) is -2.19. The highest BCUT2D eigenvalue weighted by atomic mass is 32.2. The fourth-order valence-electron chi connectivity index (χ4n) is 4.13. The summed E-state index contributed by atoms with van der Waals surface area (Å²) in [6.45, 7) is 6.86. The van der Waals surface area contributed by atoms with Crippen LogP contribution in [0.5, 0.6) is 5.75 Å². The van der Waals surface area contributed by atoms with Crippen LogP contribution in [0.1, 0.15) is 33.3 Å². The van der Waals surface area contributed by atoms with Gasteiger partial charge in [-0.25, -0.2) is 8.78 Å². The lowest BCUT2D eigenvalue weighted by atomic mass is 10.1. The number of alkyl halides is 2. The second-order valence-electron chi connectivity index (χ2n) is 9.80. The van der Waals surface area contributed by atoms with Crippen molar-refractivity contribution in [2.45, 2.75) is 65.1 Å². The normalized spacial score (nSPS) is 20.9. The Labute approximate surface area is 227 Å². The van der Waals surface area contributed by atoms with Crippen molar-refractivity contribution in [2.75, 3.05) is 6.61 Å². The first-order valence-corrected chi connectivity index (χ1v) is 14.4. The van der Waals surface area contributed by atoms with Gasteiger partial charge >= 0.3 is 15.4 Å². The van der Waals surface area contributed by atoms with Crippen molar-refractivity contribution in [3.8, 4) is 5.75 Å². The number of ether oxygens (including phenoxy) is 3. The molecule has 0 amide bonds. The zero-order valence-electron chi connectivity index (χ0n) is 21.5. The average molecular weight is 588 g/mol. The fourth-order valence-corrected chi connectivity index (χ4v) is 6.69. The molecule has 0 saturated carbocycles. The third-order valence-electron chi connectivity index (χ3n) is 6.04. The summed E-state index contributed by atoms with van der Waals surface area (Å²) in [4.78, 5) is 1.61. The fraction of sp³-hybridized carbons (Fsp3) is 0.333. The van der Waals surface area contributed by atoms with Gasteiger partial charge in [0.1, 0.15) is 17.4 Å². The molecule has 12 heteroatoms. The molecule has 210 valence electrons. The molecule has 0 bridgehead atoms. The summed E-state index contributed by atoms with van der Waals surface area (Å²) in [7, 11) is -6.72. The first-order chi connectivity index (χ1) is 18.0. The van der Waals surface area contributed by atoms with Gasteiger partial charge in [0.05, 0.1) is 23.1 Å². The Bertz CT molecular complexity index is 1430. The first kappa shape index (κ1) is 29.3. The summed E-state index contributed by atoms with van der Waals surface area (Å²) in [5.74, 6) is -2.58. The molecule has 1 aliphatic rings. The molecule has 0 radical (unpaired) electrons. The van der Waals surface area contributed by atoms with Crippen LogP contribution in [0, 0.1) is 11.6 Å². The van der Waals surface area contributed by atoms with E-state index in [1.807, 2.05) is 32.9 Å². The average Bonchev–Trinajstić information content (AvgIpc) is 3.13. The molecular weight excluding hydrogens is 560 g/mol. The monoisotopic (exact) mass is 587 g/mol. The predicted molar refractivity (Wildman–Crippen MR) is 136 cm³/mol. The highest BCUT2D eigenvalue weighted by Gasteiger charge is 2.51. The topological polar surface area (TPSA) is 82.1 Å². The van der Waals surface area contributed by atoms with Crippen LogP contribution in [0.15, 0.2) is 81.4 Å². The van der Waals surface area contributed by atoms with E-state index in [1.165, 1.54) is 36.4 Å². The molecule has 0 aliphatic carbocycles. The molecule has 3 aromatic carbocycles. The summed E-state index contributed by atoms with van der Waals surface area (Å²) in [5.41, 5.74) is 0.284. The summed E-state index contributed by atoms with van der Waals surface area (Å²) in [6, 6.07) is 16.1. The van der Waals surface area contributed by atoms with Gasteiger partial charge in [-0.15, -0.1) is 0 Å². The molecule has 1 heterocycles. The minimum absolute atomic E-state index is 0.0926. The van der Waals surface area contributed by atoms with Gasteiger partial charge in [-0.2, -0.15) is 17.2 Å². The molecule has 1 saturated heterocycles. The highest BCUT2D eigenvalue weighted by molar-refractivity contribution is 7.97. The first-order valence-electron chi connectivity index (χ1n) is 11.8. The van der Waals surface area contributed by atoms with Gasteiger partial charge in [0, 0.05) is 23.8 Å². The van der Waals surface area contributed by atoms with Crippen LogP contribution in [-0.4, -0.2) is 36.5 Å². The van der Waals surface area contributed by atoms with Gasteiger partial charge in [0.2, 0.25) is 0 Å². The largest absolute Gasteiger partial charge is 0.483 e. The minimum Gasteiger partial charge on any atom is -0.483 e. The van der Waals surface area contributed by atoms with Gasteiger partial charge in [-0.1, -0.05) is 0 Å². The minimum atomic E-state index is -5.69. The Kier molecular flexibility index (Phi) is 7.82. The highest BCUT2D eigenvalue weighted by Crippen LogP contribution is 2.40. The Morgan fingerprint density at radius 3 is 1.90 bits per heavy atom. The number of benzene rings is 3. The van der Waals surface area contributed by atoms with Crippen LogP contribution >= 0.6 is 0 Å².